The molecule has 29 heavy (non-hydrogen) atoms. The Labute approximate surface area is 175 Å². The van der Waals surface area contributed by atoms with Crippen LogP contribution in [0, 0.1) is 5.92 Å². The Bertz CT molecular complexity index is 996. The Balaban J connectivity index is 1.66. The smallest absolute Gasteiger partial charge is 0.284 e. The zero-order chi connectivity index (χ0) is 20.6. The highest BCUT2D eigenvalue weighted by Crippen LogP contribution is 2.36. The van der Waals surface area contributed by atoms with Crippen molar-refractivity contribution in [3.05, 3.63) is 40.5 Å². The molecule has 0 bridgehead atoms. The summed E-state index contributed by atoms with van der Waals surface area (Å²) in [6.07, 6.45) is 9.74. The molecule has 4 rings (SSSR count). The summed E-state index contributed by atoms with van der Waals surface area (Å²) in [4.78, 5) is 16.6. The molecule has 0 radical (unpaired) electrons. The molecule has 2 heterocycles. The Morgan fingerprint density at radius 1 is 1.31 bits per heavy atom. The first-order chi connectivity index (χ1) is 13.8. The van der Waals surface area contributed by atoms with E-state index in [4.69, 9.17) is 5.10 Å². The monoisotopic (exact) mass is 412 g/mol. The highest BCUT2D eigenvalue weighted by Gasteiger charge is 2.25. The minimum absolute atomic E-state index is 0.268. The highest BCUT2D eigenvalue weighted by molar-refractivity contribution is 7.11. The van der Waals surface area contributed by atoms with Crippen LogP contribution >= 0.6 is 11.3 Å². The second kappa shape index (κ2) is 7.88. The molecule has 0 aliphatic heterocycles. The molecular formula is C22H28N4O2S. The molecule has 0 saturated heterocycles. The number of rotatable bonds is 5. The molecule has 0 unspecified atom stereocenters. The van der Waals surface area contributed by atoms with Gasteiger partial charge in [-0.15, -0.1) is 11.3 Å². The third-order valence-corrected chi connectivity index (χ3v) is 6.73. The number of anilines is 1. The zero-order valence-electron chi connectivity index (χ0n) is 17.2. The maximum atomic E-state index is 12.5. The fraction of sp³-hybridized carbons (Fsp3) is 0.500. The molecule has 0 atom stereocenters. The van der Waals surface area contributed by atoms with Crippen molar-refractivity contribution in [1.82, 2.24) is 14.8 Å². The maximum Gasteiger partial charge on any atom is 0.284 e. The Hall–Kier alpha value is -2.25. The lowest BCUT2D eigenvalue weighted by Gasteiger charge is -2.27. The van der Waals surface area contributed by atoms with Crippen molar-refractivity contribution in [1.29, 1.82) is 0 Å². The number of aromatic nitrogens is 3. The SMILES string of the molecule is CC[C@H]1CC[C@H](n2cc3cc(NC(=O)c4nccs4)c(C(C)(C)O)cc3n2)CC1. The van der Waals surface area contributed by atoms with Crippen LogP contribution in [0.25, 0.3) is 10.9 Å². The number of thiazole rings is 1. The number of fused-ring (bicyclic) bond motifs is 1. The molecule has 0 spiro atoms. The Kier molecular flexibility index (Phi) is 5.44. The van der Waals surface area contributed by atoms with E-state index in [1.165, 1.54) is 30.6 Å². The summed E-state index contributed by atoms with van der Waals surface area (Å²) in [6.45, 7) is 5.71. The normalized spacial score (nSPS) is 20.1. The number of aliphatic hydroxyl groups is 1. The number of carbonyl (C=O) groups excluding carboxylic acids is 1. The number of benzene rings is 1. The molecule has 2 N–H and O–H groups in total. The van der Waals surface area contributed by atoms with E-state index < -0.39 is 5.60 Å². The molecular weight excluding hydrogens is 384 g/mol. The summed E-state index contributed by atoms with van der Waals surface area (Å²) in [7, 11) is 0. The van der Waals surface area contributed by atoms with E-state index in [0.717, 1.165) is 29.7 Å². The standard InChI is InChI=1S/C22H28N4O2S/c1-4-14-5-7-16(8-6-14)26-13-15-11-19(24-20(27)21-23-9-10-29-21)17(22(2,3)28)12-18(15)25-26/h9-14,16,28H,4-8H2,1-3H3,(H,24,27)/t14-,16-. The lowest BCUT2D eigenvalue weighted by Crippen LogP contribution is -2.21. The predicted molar refractivity (Wildman–Crippen MR) is 116 cm³/mol. The summed E-state index contributed by atoms with van der Waals surface area (Å²) in [5, 5.41) is 21.6. The second-order valence-corrected chi connectivity index (χ2v) is 9.39. The number of amides is 1. The summed E-state index contributed by atoms with van der Waals surface area (Å²) < 4.78 is 2.08. The lowest BCUT2D eigenvalue weighted by atomic mass is 9.85. The number of carbonyl (C=O) groups is 1. The third-order valence-electron chi connectivity index (χ3n) is 5.96. The van der Waals surface area contributed by atoms with Crippen LogP contribution in [-0.4, -0.2) is 25.8 Å². The van der Waals surface area contributed by atoms with E-state index in [9.17, 15) is 9.90 Å². The van der Waals surface area contributed by atoms with Gasteiger partial charge in [-0.25, -0.2) is 4.98 Å². The predicted octanol–water partition coefficient (Wildman–Crippen LogP) is 5.11. The quantitative estimate of drug-likeness (QED) is 0.610. The van der Waals surface area contributed by atoms with Gasteiger partial charge in [0.1, 0.15) is 0 Å². The number of hydrogen-bond acceptors (Lipinski definition) is 5. The largest absolute Gasteiger partial charge is 0.386 e. The second-order valence-electron chi connectivity index (χ2n) is 8.50. The van der Waals surface area contributed by atoms with Gasteiger partial charge in [0.15, 0.2) is 5.01 Å². The van der Waals surface area contributed by atoms with Gasteiger partial charge in [0.05, 0.1) is 17.2 Å². The molecule has 2 aromatic heterocycles. The van der Waals surface area contributed by atoms with Gasteiger partial charge < -0.3 is 10.4 Å². The van der Waals surface area contributed by atoms with Crippen molar-refractivity contribution in [2.24, 2.45) is 5.92 Å². The minimum Gasteiger partial charge on any atom is -0.386 e. The van der Waals surface area contributed by atoms with E-state index in [1.54, 1.807) is 25.4 Å². The van der Waals surface area contributed by atoms with Crippen molar-refractivity contribution in [2.45, 2.75) is 64.5 Å². The van der Waals surface area contributed by atoms with Crippen LogP contribution in [0.2, 0.25) is 0 Å². The number of nitrogens with one attached hydrogen (secondary N) is 1. The average molecular weight is 413 g/mol. The zero-order valence-corrected chi connectivity index (χ0v) is 18.0. The molecule has 6 nitrogen and oxygen atoms in total. The number of nitrogens with zero attached hydrogens (tertiary/aromatic N) is 3. The first kappa shape index (κ1) is 20.0. The molecule has 1 saturated carbocycles. The molecule has 1 aliphatic rings. The van der Waals surface area contributed by atoms with E-state index in [-0.39, 0.29) is 5.91 Å². The molecule has 7 heteroatoms. The van der Waals surface area contributed by atoms with Crippen LogP contribution < -0.4 is 5.32 Å². The molecule has 1 amide bonds. The molecule has 1 aromatic carbocycles. The molecule has 1 aliphatic carbocycles. The maximum absolute atomic E-state index is 12.5. The van der Waals surface area contributed by atoms with Crippen LogP contribution in [0.3, 0.4) is 0 Å². The van der Waals surface area contributed by atoms with E-state index >= 15 is 0 Å². The van der Waals surface area contributed by atoms with Crippen LogP contribution in [0.5, 0.6) is 0 Å². The summed E-state index contributed by atoms with van der Waals surface area (Å²) in [6, 6.07) is 4.22. The van der Waals surface area contributed by atoms with Gasteiger partial charge in [-0.05, 0) is 57.6 Å². The third kappa shape index (κ3) is 4.21. The first-order valence-electron chi connectivity index (χ1n) is 10.3. The fourth-order valence-corrected chi connectivity index (χ4v) is 4.75. The minimum atomic E-state index is -1.11. The van der Waals surface area contributed by atoms with Gasteiger partial charge >= 0.3 is 0 Å². The van der Waals surface area contributed by atoms with Crippen molar-refractivity contribution >= 4 is 33.8 Å². The Morgan fingerprint density at radius 3 is 2.69 bits per heavy atom. The van der Waals surface area contributed by atoms with Crippen molar-refractivity contribution < 1.29 is 9.90 Å². The molecule has 3 aromatic rings. The van der Waals surface area contributed by atoms with Gasteiger partial charge in [0, 0.05) is 34.4 Å². The van der Waals surface area contributed by atoms with Crippen molar-refractivity contribution in [3.63, 3.8) is 0 Å². The van der Waals surface area contributed by atoms with Crippen LogP contribution in [0.4, 0.5) is 5.69 Å². The van der Waals surface area contributed by atoms with Gasteiger partial charge in [0.2, 0.25) is 0 Å². The van der Waals surface area contributed by atoms with Gasteiger partial charge in [-0.2, -0.15) is 5.10 Å². The lowest BCUT2D eigenvalue weighted by molar-refractivity contribution is 0.0794. The molecule has 1 fully saturated rings. The first-order valence-corrected chi connectivity index (χ1v) is 11.2. The average Bonchev–Trinajstić information content (AvgIpc) is 3.36. The Morgan fingerprint density at radius 2 is 2.07 bits per heavy atom. The van der Waals surface area contributed by atoms with Gasteiger partial charge in [-0.3, -0.25) is 9.48 Å². The van der Waals surface area contributed by atoms with Crippen LogP contribution in [0.1, 0.15) is 74.3 Å². The van der Waals surface area contributed by atoms with Gasteiger partial charge in [0.25, 0.3) is 5.91 Å². The topological polar surface area (TPSA) is 80.0 Å². The summed E-state index contributed by atoms with van der Waals surface area (Å²) in [5.41, 5.74) is 0.976. The van der Waals surface area contributed by atoms with Crippen LogP contribution in [-0.2, 0) is 5.60 Å². The van der Waals surface area contributed by atoms with E-state index in [0.29, 0.717) is 22.3 Å². The summed E-state index contributed by atoms with van der Waals surface area (Å²) >= 11 is 1.29. The van der Waals surface area contributed by atoms with Crippen molar-refractivity contribution in [3.8, 4) is 0 Å². The fourth-order valence-electron chi connectivity index (χ4n) is 4.22. The van der Waals surface area contributed by atoms with E-state index in [2.05, 4.69) is 28.1 Å². The van der Waals surface area contributed by atoms with Crippen molar-refractivity contribution in [2.75, 3.05) is 5.32 Å². The molecule has 154 valence electrons. The number of hydrogen-bond donors (Lipinski definition) is 2. The van der Waals surface area contributed by atoms with Crippen LogP contribution in [0.15, 0.2) is 29.9 Å². The highest BCUT2D eigenvalue weighted by atomic mass is 32.1. The summed E-state index contributed by atoms with van der Waals surface area (Å²) in [5.74, 6) is 0.570. The van der Waals surface area contributed by atoms with E-state index in [1.807, 2.05) is 12.1 Å². The van der Waals surface area contributed by atoms with Gasteiger partial charge in [-0.1, -0.05) is 13.3 Å².